The van der Waals surface area contributed by atoms with Crippen molar-refractivity contribution in [3.05, 3.63) is 29.8 Å². The Kier molecular flexibility index (Phi) is 3.36. The summed E-state index contributed by atoms with van der Waals surface area (Å²) in [6, 6.07) is 7.74. The van der Waals surface area contributed by atoms with Gasteiger partial charge in [-0.2, -0.15) is 0 Å². The molecule has 1 saturated carbocycles. The fraction of sp³-hybridized carbons (Fsp3) is 0.500. The molecule has 1 aliphatic carbocycles. The van der Waals surface area contributed by atoms with Crippen molar-refractivity contribution in [2.75, 3.05) is 12.3 Å². The van der Waals surface area contributed by atoms with E-state index in [9.17, 15) is 4.79 Å². The van der Waals surface area contributed by atoms with Crippen LogP contribution in [0.5, 0.6) is 0 Å². The zero-order valence-electron chi connectivity index (χ0n) is 10.5. The highest BCUT2D eigenvalue weighted by molar-refractivity contribution is 5.81. The number of hydrogen-bond donors (Lipinski definition) is 1. The molecule has 17 heavy (non-hydrogen) atoms. The second-order valence-electron chi connectivity index (χ2n) is 4.91. The van der Waals surface area contributed by atoms with E-state index in [0.717, 1.165) is 24.2 Å². The zero-order chi connectivity index (χ0) is 12.4. The zero-order valence-corrected chi connectivity index (χ0v) is 10.5. The highest BCUT2D eigenvalue weighted by atomic mass is 16.2. The first kappa shape index (κ1) is 12.0. The van der Waals surface area contributed by atoms with E-state index >= 15 is 0 Å². The largest absolute Gasteiger partial charge is 0.399 e. The van der Waals surface area contributed by atoms with E-state index in [1.54, 1.807) is 0 Å². The normalized spacial score (nSPS) is 22.2. The minimum Gasteiger partial charge on any atom is -0.399 e. The number of anilines is 1. The summed E-state index contributed by atoms with van der Waals surface area (Å²) in [4.78, 5) is 14.0. The third kappa shape index (κ3) is 2.78. The number of nitrogens with zero attached hydrogens (tertiary/aromatic N) is 1. The SMILES string of the molecule is CCN(Cc1ccc(N)cc1)C(=O)C1CC1C. The predicted octanol–water partition coefficient (Wildman–Crippen LogP) is 2.27. The molecule has 0 radical (unpaired) electrons. The van der Waals surface area contributed by atoms with Crippen molar-refractivity contribution in [1.82, 2.24) is 4.90 Å². The molecule has 1 aromatic rings. The van der Waals surface area contributed by atoms with Gasteiger partial charge in [0.2, 0.25) is 5.91 Å². The van der Waals surface area contributed by atoms with Gasteiger partial charge in [0.25, 0.3) is 0 Å². The van der Waals surface area contributed by atoms with Crippen LogP contribution in [0.2, 0.25) is 0 Å². The maximum absolute atomic E-state index is 12.1. The summed E-state index contributed by atoms with van der Waals surface area (Å²) in [6.07, 6.45) is 1.05. The summed E-state index contributed by atoms with van der Waals surface area (Å²) in [5.74, 6) is 1.14. The molecule has 2 atom stereocenters. The molecule has 2 unspecified atom stereocenters. The van der Waals surface area contributed by atoms with Crippen LogP contribution in [0.3, 0.4) is 0 Å². The number of carbonyl (C=O) groups is 1. The number of rotatable bonds is 4. The van der Waals surface area contributed by atoms with Crippen molar-refractivity contribution in [2.45, 2.75) is 26.8 Å². The second kappa shape index (κ2) is 4.78. The summed E-state index contributed by atoms with van der Waals surface area (Å²) < 4.78 is 0. The molecule has 2 N–H and O–H groups in total. The lowest BCUT2D eigenvalue weighted by atomic mass is 10.2. The van der Waals surface area contributed by atoms with Crippen molar-refractivity contribution in [3.63, 3.8) is 0 Å². The molecule has 1 fully saturated rings. The molecule has 1 amide bonds. The molecule has 3 heteroatoms. The number of carbonyl (C=O) groups excluding carboxylic acids is 1. The van der Waals surface area contributed by atoms with Gasteiger partial charge in [-0.25, -0.2) is 0 Å². The van der Waals surface area contributed by atoms with Gasteiger partial charge in [-0.1, -0.05) is 19.1 Å². The van der Waals surface area contributed by atoms with Crippen molar-refractivity contribution in [3.8, 4) is 0 Å². The van der Waals surface area contributed by atoms with Gasteiger partial charge >= 0.3 is 0 Å². The van der Waals surface area contributed by atoms with Crippen LogP contribution in [-0.2, 0) is 11.3 Å². The smallest absolute Gasteiger partial charge is 0.226 e. The third-order valence-corrected chi connectivity index (χ3v) is 3.47. The van der Waals surface area contributed by atoms with E-state index < -0.39 is 0 Å². The minimum absolute atomic E-state index is 0.267. The van der Waals surface area contributed by atoms with Gasteiger partial charge in [-0.3, -0.25) is 4.79 Å². The monoisotopic (exact) mass is 232 g/mol. The highest BCUT2D eigenvalue weighted by Gasteiger charge is 2.41. The minimum atomic E-state index is 0.267. The molecular weight excluding hydrogens is 212 g/mol. The molecule has 0 aliphatic heterocycles. The van der Waals surface area contributed by atoms with Crippen LogP contribution in [0.25, 0.3) is 0 Å². The van der Waals surface area contributed by atoms with E-state index in [1.165, 1.54) is 0 Å². The third-order valence-electron chi connectivity index (χ3n) is 3.47. The molecule has 1 aliphatic rings. The Hall–Kier alpha value is -1.51. The lowest BCUT2D eigenvalue weighted by Crippen LogP contribution is -2.31. The molecular formula is C14H20N2O. The van der Waals surface area contributed by atoms with Gasteiger partial charge in [0.05, 0.1) is 0 Å². The van der Waals surface area contributed by atoms with Gasteiger partial charge in [0.15, 0.2) is 0 Å². The molecule has 1 aromatic carbocycles. The maximum Gasteiger partial charge on any atom is 0.226 e. The maximum atomic E-state index is 12.1. The van der Waals surface area contributed by atoms with Crippen LogP contribution in [0.1, 0.15) is 25.8 Å². The molecule has 2 rings (SSSR count). The summed E-state index contributed by atoms with van der Waals surface area (Å²) >= 11 is 0. The predicted molar refractivity (Wildman–Crippen MR) is 69.2 cm³/mol. The Bertz CT molecular complexity index is 399. The van der Waals surface area contributed by atoms with E-state index in [2.05, 4.69) is 6.92 Å². The Labute approximate surface area is 103 Å². The Balaban J connectivity index is 1.99. The molecule has 0 saturated heterocycles. The molecule has 92 valence electrons. The summed E-state index contributed by atoms with van der Waals surface area (Å²) in [7, 11) is 0. The van der Waals surface area contributed by atoms with Crippen LogP contribution in [0, 0.1) is 11.8 Å². The fourth-order valence-corrected chi connectivity index (χ4v) is 2.09. The van der Waals surface area contributed by atoms with E-state index in [0.29, 0.717) is 18.4 Å². The average Bonchev–Trinajstić information content (AvgIpc) is 3.05. The first-order valence-corrected chi connectivity index (χ1v) is 6.25. The fourth-order valence-electron chi connectivity index (χ4n) is 2.09. The van der Waals surface area contributed by atoms with Crippen molar-refractivity contribution in [2.24, 2.45) is 11.8 Å². The number of benzene rings is 1. The molecule has 3 nitrogen and oxygen atoms in total. The van der Waals surface area contributed by atoms with Crippen LogP contribution in [0.4, 0.5) is 5.69 Å². The van der Waals surface area contributed by atoms with Crippen molar-refractivity contribution < 1.29 is 4.79 Å². The van der Waals surface area contributed by atoms with Gasteiger partial charge in [0, 0.05) is 24.7 Å². The Morgan fingerprint density at radius 1 is 1.41 bits per heavy atom. The molecule has 0 heterocycles. The summed E-state index contributed by atoms with van der Waals surface area (Å²) in [6.45, 7) is 5.63. The van der Waals surface area contributed by atoms with Gasteiger partial charge in [-0.15, -0.1) is 0 Å². The van der Waals surface area contributed by atoms with Crippen LogP contribution < -0.4 is 5.73 Å². The first-order valence-electron chi connectivity index (χ1n) is 6.25. The van der Waals surface area contributed by atoms with Crippen LogP contribution >= 0.6 is 0 Å². The second-order valence-corrected chi connectivity index (χ2v) is 4.91. The lowest BCUT2D eigenvalue weighted by molar-refractivity contribution is -0.133. The summed E-state index contributed by atoms with van der Waals surface area (Å²) in [5, 5.41) is 0. The number of hydrogen-bond acceptors (Lipinski definition) is 2. The quantitative estimate of drug-likeness (QED) is 0.809. The standard InChI is InChI=1S/C14H20N2O/c1-3-16(14(17)13-8-10(13)2)9-11-4-6-12(15)7-5-11/h4-7,10,13H,3,8-9,15H2,1-2H3. The van der Waals surface area contributed by atoms with E-state index in [-0.39, 0.29) is 5.92 Å². The Morgan fingerprint density at radius 3 is 2.47 bits per heavy atom. The summed E-state index contributed by atoms with van der Waals surface area (Å²) in [5.41, 5.74) is 7.55. The van der Waals surface area contributed by atoms with Gasteiger partial charge in [-0.05, 0) is 37.0 Å². The molecule has 0 bridgehead atoms. The molecule has 0 spiro atoms. The number of nitrogens with two attached hydrogens (primary N) is 1. The topological polar surface area (TPSA) is 46.3 Å². The lowest BCUT2D eigenvalue weighted by Gasteiger charge is -2.21. The van der Waals surface area contributed by atoms with Crippen LogP contribution in [0.15, 0.2) is 24.3 Å². The van der Waals surface area contributed by atoms with Crippen molar-refractivity contribution >= 4 is 11.6 Å². The van der Waals surface area contributed by atoms with Gasteiger partial charge in [0.1, 0.15) is 0 Å². The van der Waals surface area contributed by atoms with Crippen molar-refractivity contribution in [1.29, 1.82) is 0 Å². The highest BCUT2D eigenvalue weighted by Crippen LogP contribution is 2.39. The average molecular weight is 232 g/mol. The number of nitrogen functional groups attached to an aromatic ring is 1. The van der Waals surface area contributed by atoms with E-state index in [1.807, 2.05) is 36.1 Å². The number of amides is 1. The van der Waals surface area contributed by atoms with Crippen LogP contribution in [-0.4, -0.2) is 17.4 Å². The Morgan fingerprint density at radius 2 is 2.00 bits per heavy atom. The van der Waals surface area contributed by atoms with Gasteiger partial charge < -0.3 is 10.6 Å². The van der Waals surface area contributed by atoms with E-state index in [4.69, 9.17) is 5.73 Å². The first-order chi connectivity index (χ1) is 8.11. The molecule has 0 aromatic heterocycles.